The van der Waals surface area contributed by atoms with Crippen molar-refractivity contribution in [3.63, 3.8) is 0 Å². The highest BCUT2D eigenvalue weighted by molar-refractivity contribution is 8.01. The van der Waals surface area contributed by atoms with Crippen LogP contribution in [0.3, 0.4) is 0 Å². The maximum atomic E-state index is 13.3. The number of rotatable bonds is 11. The van der Waals surface area contributed by atoms with Gasteiger partial charge in [0, 0.05) is 22.4 Å². The number of carbonyl (C=O) groups is 4. The maximum absolute atomic E-state index is 13.3. The van der Waals surface area contributed by atoms with Crippen LogP contribution in [0.1, 0.15) is 11.3 Å². The van der Waals surface area contributed by atoms with E-state index in [1.165, 1.54) is 51.9 Å². The number of anilines is 1. The monoisotopic (exact) mass is 811 g/mol. The number of hydrogen-bond donors (Lipinski definition) is 6. The molecule has 4 aromatic rings. The Bertz CT molecular complexity index is 2090. The number of aromatic nitrogens is 3. The Morgan fingerprint density at radius 1 is 1.09 bits per heavy atom. The molecule has 2 atom stereocenters. The fraction of sp³-hybridized carbons (Fsp3) is 0.200. The number of aliphatic carboxylic acids is 2. The average Bonchev–Trinajstić information content (AvgIpc) is 3.78. The number of nitrogen functional groups attached to an aromatic ring is 1. The third-order valence-corrected chi connectivity index (χ3v) is 11.2. The number of thioether (sulfide) groups is 2. The first-order valence-corrected chi connectivity index (χ1v) is 18.3. The minimum atomic E-state index is -5.08. The van der Waals surface area contributed by atoms with E-state index >= 15 is 0 Å². The molecule has 0 bridgehead atoms. The number of carboxylic acid groups (broad SMARTS) is 2. The summed E-state index contributed by atoms with van der Waals surface area (Å²) in [4.78, 5) is 58.6. The lowest BCUT2D eigenvalue weighted by Crippen LogP contribution is -2.71. The van der Waals surface area contributed by atoms with Crippen molar-refractivity contribution >= 4 is 80.8 Å². The Morgan fingerprint density at radius 3 is 2.43 bits per heavy atom. The number of benzene rings is 2. The van der Waals surface area contributed by atoms with Crippen molar-refractivity contribution < 1.29 is 57.6 Å². The highest BCUT2D eigenvalue weighted by Gasteiger charge is 2.54. The van der Waals surface area contributed by atoms with Gasteiger partial charge in [-0.15, -0.1) is 33.3 Å². The summed E-state index contributed by atoms with van der Waals surface area (Å²) in [7, 11) is 0. The largest absolute Gasteiger partial charge is 0.504 e. The van der Waals surface area contributed by atoms with Gasteiger partial charge >= 0.3 is 18.1 Å². The number of phenols is 2. The fourth-order valence-corrected chi connectivity index (χ4v) is 8.42. The van der Waals surface area contributed by atoms with Gasteiger partial charge in [-0.2, -0.15) is 13.2 Å². The quantitative estimate of drug-likeness (QED) is 0.0415. The van der Waals surface area contributed by atoms with Gasteiger partial charge in [0.1, 0.15) is 34.4 Å². The van der Waals surface area contributed by atoms with Crippen molar-refractivity contribution in [3.8, 4) is 22.1 Å². The molecule has 1 fully saturated rings. The molecule has 0 aliphatic carbocycles. The van der Waals surface area contributed by atoms with Gasteiger partial charge in [-0.1, -0.05) is 58.6 Å². The van der Waals surface area contributed by atoms with E-state index in [2.05, 4.69) is 25.7 Å². The van der Waals surface area contributed by atoms with Crippen LogP contribution in [0, 0.1) is 0 Å². The average molecular weight is 812 g/mol. The van der Waals surface area contributed by atoms with Crippen LogP contribution < -0.4 is 11.1 Å². The van der Waals surface area contributed by atoms with Crippen LogP contribution in [-0.4, -0.2) is 99.1 Å². The Labute approximate surface area is 312 Å². The van der Waals surface area contributed by atoms with Crippen LogP contribution in [0.4, 0.5) is 18.3 Å². The minimum absolute atomic E-state index is 0.0954. The molecule has 2 aliphatic rings. The molecule has 16 nitrogen and oxygen atoms in total. The summed E-state index contributed by atoms with van der Waals surface area (Å²) < 4.78 is 32.3. The molecular formula is C30H24F3N7O9S4. The summed E-state index contributed by atoms with van der Waals surface area (Å²) in [6.07, 6.45) is -5.08. The third kappa shape index (κ3) is 9.35. The number of phenolic OH excluding ortho intramolecular Hbond substituents is 2. The number of aromatic hydroxyl groups is 2. The number of fused-ring (bicyclic) bond motifs is 1. The standard InChI is InChI=1S/C28H23N7O7S4.C2HF3O2/c29-27-30-16(12-44-27)19(34-42-9-13-4-2-1-3-5-13)22(38)31-20-24(39)35-21(26(40)41)15(10-43-25(20)35)11-45-28-33-32-23(46-28)14-6-7-17(36)18(37)8-14;3-2(4,5)1(6)7/h1-8,12,20,25,36-37H,9-11H2,(H2,29,30)(H,31,38)(H,40,41);(H,6,7)/b34-19-;/t20-,25-;/m1./s1. The first-order chi connectivity index (χ1) is 25.1. The Balaban J connectivity index is 0.000000705. The van der Waals surface area contributed by atoms with Gasteiger partial charge in [0.05, 0.1) is 0 Å². The molecular weight excluding hydrogens is 788 g/mol. The van der Waals surface area contributed by atoms with Gasteiger partial charge in [0.25, 0.3) is 11.8 Å². The number of β-lactam (4-membered cyclic amide) rings is 1. The van der Waals surface area contributed by atoms with Crippen molar-refractivity contribution in [2.45, 2.75) is 28.5 Å². The number of alkyl halides is 3. The highest BCUT2D eigenvalue weighted by Crippen LogP contribution is 2.42. The second-order valence-electron chi connectivity index (χ2n) is 10.6. The number of carboxylic acids is 2. The molecule has 53 heavy (non-hydrogen) atoms. The first-order valence-electron chi connectivity index (χ1n) is 14.6. The highest BCUT2D eigenvalue weighted by atomic mass is 32.2. The number of nitrogens with zero attached hydrogens (tertiary/aromatic N) is 5. The van der Waals surface area contributed by atoms with Crippen LogP contribution >= 0.6 is 46.2 Å². The Hall–Kier alpha value is -5.39. The predicted molar refractivity (Wildman–Crippen MR) is 187 cm³/mol. The summed E-state index contributed by atoms with van der Waals surface area (Å²) >= 11 is 4.95. The van der Waals surface area contributed by atoms with Gasteiger partial charge in [-0.3, -0.25) is 14.5 Å². The van der Waals surface area contributed by atoms with Crippen LogP contribution in [0.2, 0.25) is 0 Å². The van der Waals surface area contributed by atoms with Crippen LogP contribution in [-0.2, 0) is 30.6 Å². The number of nitrogens with two attached hydrogens (primary N) is 1. The van der Waals surface area contributed by atoms with Crippen LogP contribution in [0.5, 0.6) is 11.5 Å². The van der Waals surface area contributed by atoms with E-state index in [1.807, 2.05) is 30.3 Å². The van der Waals surface area contributed by atoms with Gasteiger partial charge in [0.15, 0.2) is 26.7 Å². The zero-order chi connectivity index (χ0) is 38.4. The van der Waals surface area contributed by atoms with Crippen LogP contribution in [0.25, 0.3) is 10.6 Å². The number of halogens is 3. The number of carbonyl (C=O) groups excluding carboxylic acids is 2. The second-order valence-corrected chi connectivity index (χ2v) is 14.8. The summed E-state index contributed by atoms with van der Waals surface area (Å²) in [5.41, 5.74) is 7.57. The van der Waals surface area contributed by atoms with Crippen LogP contribution in [0.15, 0.2) is 74.7 Å². The lowest BCUT2D eigenvalue weighted by atomic mass is 10.0. The number of nitrogens with one attached hydrogen (secondary N) is 1. The molecule has 2 aromatic heterocycles. The van der Waals surface area contributed by atoms with Crippen molar-refractivity contribution in [3.05, 3.63) is 76.4 Å². The van der Waals surface area contributed by atoms with Gasteiger partial charge in [-0.25, -0.2) is 14.6 Å². The molecule has 2 amide bonds. The lowest BCUT2D eigenvalue weighted by Gasteiger charge is -2.49. The molecule has 0 unspecified atom stereocenters. The molecule has 6 rings (SSSR count). The summed E-state index contributed by atoms with van der Waals surface area (Å²) in [6, 6.07) is 12.5. The number of oxime groups is 1. The van der Waals surface area contributed by atoms with E-state index < -0.39 is 41.3 Å². The molecule has 278 valence electrons. The number of hydrogen-bond acceptors (Lipinski definition) is 16. The van der Waals surface area contributed by atoms with Crippen molar-refractivity contribution in [2.24, 2.45) is 5.16 Å². The molecule has 2 aromatic carbocycles. The molecule has 0 spiro atoms. The van der Waals surface area contributed by atoms with E-state index in [-0.39, 0.29) is 46.1 Å². The summed E-state index contributed by atoms with van der Waals surface area (Å²) in [5, 5.41) is 53.1. The normalized spacial score (nSPS) is 16.9. The summed E-state index contributed by atoms with van der Waals surface area (Å²) in [5.74, 6) is -5.30. The lowest BCUT2D eigenvalue weighted by molar-refractivity contribution is -0.192. The molecule has 0 saturated carbocycles. The maximum Gasteiger partial charge on any atom is 0.490 e. The number of thiazole rings is 1. The number of amides is 2. The van der Waals surface area contributed by atoms with Gasteiger partial charge in [-0.05, 0) is 29.3 Å². The van der Waals surface area contributed by atoms with E-state index in [9.17, 15) is 42.9 Å². The van der Waals surface area contributed by atoms with Crippen molar-refractivity contribution in [1.82, 2.24) is 25.4 Å². The fourth-order valence-electron chi connectivity index (χ4n) is 4.54. The van der Waals surface area contributed by atoms with Gasteiger partial charge < -0.3 is 36.3 Å². The molecule has 2 aliphatic heterocycles. The van der Waals surface area contributed by atoms with Crippen molar-refractivity contribution in [1.29, 1.82) is 0 Å². The SMILES string of the molecule is Nc1nc(/C(=N/OCc2ccccc2)C(=O)N[C@@H]2C(=O)N3C(C(=O)O)=C(CSc4nnc(-c5ccc(O)c(O)c5)s4)CS[C@H]23)cs1.O=C(O)C(F)(F)F. The Kier molecular flexibility index (Phi) is 12.1. The van der Waals surface area contributed by atoms with E-state index in [1.54, 1.807) is 11.4 Å². The molecule has 1 saturated heterocycles. The van der Waals surface area contributed by atoms with E-state index in [0.29, 0.717) is 26.2 Å². The smallest absolute Gasteiger partial charge is 0.490 e. The van der Waals surface area contributed by atoms with Gasteiger partial charge in [0.2, 0.25) is 0 Å². The molecule has 0 radical (unpaired) electrons. The van der Waals surface area contributed by atoms with Crippen molar-refractivity contribution in [2.75, 3.05) is 17.2 Å². The topological polar surface area (TPSA) is 251 Å². The molecule has 7 N–H and O–H groups in total. The van der Waals surface area contributed by atoms with E-state index in [4.69, 9.17) is 20.5 Å². The molecule has 4 heterocycles. The third-order valence-electron chi connectivity index (χ3n) is 6.99. The summed E-state index contributed by atoms with van der Waals surface area (Å²) in [6.45, 7) is 0.0954. The molecule has 23 heteroatoms. The first kappa shape index (κ1) is 38.8. The second kappa shape index (κ2) is 16.5. The zero-order valence-corrected chi connectivity index (χ0v) is 29.6. The zero-order valence-electron chi connectivity index (χ0n) is 26.4. The Morgan fingerprint density at radius 2 is 1.81 bits per heavy atom. The van der Waals surface area contributed by atoms with E-state index in [0.717, 1.165) is 16.9 Å². The predicted octanol–water partition coefficient (Wildman–Crippen LogP) is 3.74. The minimum Gasteiger partial charge on any atom is -0.504 e.